The fourth-order valence-electron chi connectivity index (χ4n) is 0.755. The highest BCUT2D eigenvalue weighted by molar-refractivity contribution is 5.49. The van der Waals surface area contributed by atoms with E-state index < -0.39 is 6.61 Å². The largest absolute Gasteiger partial charge is 0.479 e. The van der Waals surface area contributed by atoms with Gasteiger partial charge in [-0.3, -0.25) is 0 Å². The lowest BCUT2D eigenvalue weighted by atomic mass is 10.4. The van der Waals surface area contributed by atoms with E-state index in [0.29, 0.717) is 0 Å². The Morgan fingerprint density at radius 2 is 2.15 bits per heavy atom. The summed E-state index contributed by atoms with van der Waals surface area (Å²) in [5.74, 6) is -0.154. The van der Waals surface area contributed by atoms with E-state index in [-0.39, 0.29) is 17.4 Å². The van der Waals surface area contributed by atoms with Crippen molar-refractivity contribution in [2.45, 2.75) is 6.61 Å². The average Bonchev–Trinajstić information content (AvgIpc) is 2.07. The molecule has 0 atom stereocenters. The summed E-state index contributed by atoms with van der Waals surface area (Å²) in [6, 6.07) is 2.62. The number of alkyl halides is 2. The van der Waals surface area contributed by atoms with Crippen molar-refractivity contribution in [1.82, 2.24) is 4.98 Å². The lowest BCUT2D eigenvalue weighted by Crippen LogP contribution is -2.05. The lowest BCUT2D eigenvalue weighted by molar-refractivity contribution is -0.0530. The number of nitrogen functional groups attached to an aromatic ring is 1. The van der Waals surface area contributed by atoms with Crippen LogP contribution in [0.25, 0.3) is 0 Å². The summed E-state index contributed by atoms with van der Waals surface area (Å²) in [7, 11) is 1.34. The van der Waals surface area contributed by atoms with E-state index in [1.54, 1.807) is 0 Å². The molecule has 0 saturated heterocycles. The zero-order valence-electron chi connectivity index (χ0n) is 6.83. The van der Waals surface area contributed by atoms with Gasteiger partial charge in [-0.05, 0) is 6.07 Å². The van der Waals surface area contributed by atoms with E-state index in [1.165, 1.54) is 19.2 Å². The topological polar surface area (TPSA) is 57.4 Å². The number of rotatable bonds is 3. The quantitative estimate of drug-likeness (QED) is 0.779. The van der Waals surface area contributed by atoms with E-state index in [0.717, 1.165) is 0 Å². The summed E-state index contributed by atoms with van der Waals surface area (Å²) in [5.41, 5.74) is 5.67. The minimum atomic E-state index is -2.90. The van der Waals surface area contributed by atoms with E-state index in [9.17, 15) is 8.78 Å². The molecule has 0 aliphatic heterocycles. The fourth-order valence-corrected chi connectivity index (χ4v) is 0.755. The van der Waals surface area contributed by atoms with Crippen molar-refractivity contribution in [2.24, 2.45) is 0 Å². The molecule has 0 fully saturated rings. The molecule has 0 bridgehead atoms. The Morgan fingerprint density at radius 3 is 2.69 bits per heavy atom. The van der Waals surface area contributed by atoms with Gasteiger partial charge in [-0.25, -0.2) is 0 Å². The summed E-state index contributed by atoms with van der Waals surface area (Å²) in [6.07, 6.45) is 0. The third-order valence-corrected chi connectivity index (χ3v) is 1.27. The van der Waals surface area contributed by atoms with Crippen LogP contribution in [0.1, 0.15) is 0 Å². The van der Waals surface area contributed by atoms with Gasteiger partial charge in [0.2, 0.25) is 11.8 Å². The fraction of sp³-hybridized carbons (Fsp3) is 0.286. The minimum Gasteiger partial charge on any atom is -0.479 e. The SMILES string of the molecule is COc1nc(OC(F)F)ccc1N. The smallest absolute Gasteiger partial charge is 0.388 e. The Labute approximate surface area is 73.3 Å². The van der Waals surface area contributed by atoms with Gasteiger partial charge in [-0.1, -0.05) is 0 Å². The first-order valence-electron chi connectivity index (χ1n) is 3.39. The maximum absolute atomic E-state index is 11.7. The molecule has 1 heterocycles. The molecule has 1 rings (SSSR count). The van der Waals surface area contributed by atoms with E-state index >= 15 is 0 Å². The van der Waals surface area contributed by atoms with Gasteiger partial charge in [0.05, 0.1) is 12.8 Å². The van der Waals surface area contributed by atoms with Gasteiger partial charge in [0.25, 0.3) is 0 Å². The van der Waals surface area contributed by atoms with E-state index in [1.807, 2.05) is 0 Å². The average molecular weight is 190 g/mol. The van der Waals surface area contributed by atoms with Crippen molar-refractivity contribution >= 4 is 5.69 Å². The summed E-state index contributed by atoms with van der Waals surface area (Å²) in [6.45, 7) is -2.90. The summed E-state index contributed by atoms with van der Waals surface area (Å²) in [4.78, 5) is 3.58. The molecule has 6 heteroatoms. The van der Waals surface area contributed by atoms with Crippen LogP contribution in [-0.4, -0.2) is 18.7 Å². The number of nitrogens with zero attached hydrogens (tertiary/aromatic N) is 1. The Balaban J connectivity index is 2.86. The second kappa shape index (κ2) is 3.88. The molecule has 13 heavy (non-hydrogen) atoms. The molecule has 0 aliphatic rings. The normalized spacial score (nSPS) is 10.2. The molecule has 2 N–H and O–H groups in total. The van der Waals surface area contributed by atoms with Crippen LogP contribution in [0.2, 0.25) is 0 Å². The molecule has 0 radical (unpaired) electrons. The number of aromatic nitrogens is 1. The second-order valence-electron chi connectivity index (χ2n) is 2.13. The van der Waals surface area contributed by atoms with Crippen molar-refractivity contribution in [1.29, 1.82) is 0 Å². The van der Waals surface area contributed by atoms with Gasteiger partial charge in [-0.2, -0.15) is 13.8 Å². The Bertz CT molecular complexity index is 294. The number of pyridine rings is 1. The molecule has 0 amide bonds. The van der Waals surface area contributed by atoms with Crippen LogP contribution in [0.5, 0.6) is 11.8 Å². The Kier molecular flexibility index (Phi) is 2.84. The molecule has 4 nitrogen and oxygen atoms in total. The maximum Gasteiger partial charge on any atom is 0.388 e. The number of ether oxygens (including phenoxy) is 2. The van der Waals surface area contributed by atoms with Crippen molar-refractivity contribution in [3.8, 4) is 11.8 Å². The number of anilines is 1. The van der Waals surface area contributed by atoms with Crippen molar-refractivity contribution < 1.29 is 18.3 Å². The van der Waals surface area contributed by atoms with Gasteiger partial charge < -0.3 is 15.2 Å². The zero-order chi connectivity index (χ0) is 9.84. The number of nitrogens with two attached hydrogens (primary N) is 1. The standard InChI is InChI=1S/C7H8F2N2O2/c1-12-6-4(10)2-3-5(11-6)13-7(8)9/h2-3,7H,10H2,1H3. The highest BCUT2D eigenvalue weighted by Gasteiger charge is 2.08. The summed E-state index contributed by atoms with van der Waals surface area (Å²) < 4.78 is 32.2. The molecule has 72 valence electrons. The number of hydrogen-bond donors (Lipinski definition) is 1. The summed E-state index contributed by atoms with van der Waals surface area (Å²) >= 11 is 0. The molecule has 1 aromatic rings. The van der Waals surface area contributed by atoms with Crippen molar-refractivity contribution in [3.63, 3.8) is 0 Å². The van der Waals surface area contributed by atoms with Crippen LogP contribution in [0, 0.1) is 0 Å². The Hall–Kier alpha value is -1.59. The molecular formula is C7H8F2N2O2. The lowest BCUT2D eigenvalue weighted by Gasteiger charge is -2.06. The molecule has 0 aliphatic carbocycles. The molecule has 0 aromatic carbocycles. The predicted octanol–water partition coefficient (Wildman–Crippen LogP) is 1.27. The molecule has 1 aromatic heterocycles. The van der Waals surface area contributed by atoms with Crippen LogP contribution in [-0.2, 0) is 0 Å². The summed E-state index contributed by atoms with van der Waals surface area (Å²) in [5, 5.41) is 0. The van der Waals surface area contributed by atoms with Crippen LogP contribution >= 0.6 is 0 Å². The van der Waals surface area contributed by atoms with Crippen LogP contribution in [0.3, 0.4) is 0 Å². The predicted molar refractivity (Wildman–Crippen MR) is 41.8 cm³/mol. The van der Waals surface area contributed by atoms with Gasteiger partial charge in [0.15, 0.2) is 0 Å². The first-order chi connectivity index (χ1) is 6.13. The van der Waals surface area contributed by atoms with E-state index in [2.05, 4.69) is 9.72 Å². The van der Waals surface area contributed by atoms with E-state index in [4.69, 9.17) is 10.5 Å². The van der Waals surface area contributed by atoms with Crippen molar-refractivity contribution in [3.05, 3.63) is 12.1 Å². The molecular weight excluding hydrogens is 182 g/mol. The first-order valence-corrected chi connectivity index (χ1v) is 3.39. The Morgan fingerprint density at radius 1 is 1.46 bits per heavy atom. The number of hydrogen-bond acceptors (Lipinski definition) is 4. The second-order valence-corrected chi connectivity index (χ2v) is 2.13. The molecule has 0 spiro atoms. The van der Waals surface area contributed by atoms with Gasteiger partial charge in [0.1, 0.15) is 0 Å². The molecule has 0 unspecified atom stereocenters. The highest BCUT2D eigenvalue weighted by atomic mass is 19.3. The monoisotopic (exact) mass is 190 g/mol. The van der Waals surface area contributed by atoms with Gasteiger partial charge >= 0.3 is 6.61 Å². The highest BCUT2D eigenvalue weighted by Crippen LogP contribution is 2.22. The van der Waals surface area contributed by atoms with Gasteiger partial charge in [0, 0.05) is 6.07 Å². The molecule has 0 saturated carbocycles. The third-order valence-electron chi connectivity index (χ3n) is 1.27. The van der Waals surface area contributed by atoms with Crippen LogP contribution in [0.4, 0.5) is 14.5 Å². The zero-order valence-corrected chi connectivity index (χ0v) is 6.83. The van der Waals surface area contributed by atoms with Crippen molar-refractivity contribution in [2.75, 3.05) is 12.8 Å². The van der Waals surface area contributed by atoms with Gasteiger partial charge in [-0.15, -0.1) is 0 Å². The maximum atomic E-state index is 11.7. The third kappa shape index (κ3) is 2.43. The van der Waals surface area contributed by atoms with Crippen LogP contribution < -0.4 is 15.2 Å². The number of halogens is 2. The minimum absolute atomic E-state index is 0.0677. The van der Waals surface area contributed by atoms with Crippen LogP contribution in [0.15, 0.2) is 12.1 Å². The number of methoxy groups -OCH3 is 1. The first kappa shape index (κ1) is 9.50.